The molecule has 2 unspecified atom stereocenters. The molecular weight excluding hydrogens is 206 g/mol. The third kappa shape index (κ3) is 3.48. The third-order valence-corrected chi connectivity index (χ3v) is 2.86. The van der Waals surface area contributed by atoms with E-state index in [-0.39, 0.29) is 23.8 Å². The summed E-state index contributed by atoms with van der Waals surface area (Å²) in [4.78, 5) is 24.7. The van der Waals surface area contributed by atoms with E-state index in [0.717, 1.165) is 13.0 Å². The fraction of sp³-hybridized carbons (Fsp3) is 0.818. The van der Waals surface area contributed by atoms with Gasteiger partial charge in [-0.1, -0.05) is 6.92 Å². The number of rotatable bonds is 5. The van der Waals surface area contributed by atoms with Gasteiger partial charge in [0.25, 0.3) is 0 Å². The van der Waals surface area contributed by atoms with Crippen LogP contribution in [-0.2, 0) is 9.59 Å². The number of carbonyl (C=O) groups is 2. The molecule has 1 saturated heterocycles. The van der Waals surface area contributed by atoms with E-state index in [9.17, 15) is 9.59 Å². The van der Waals surface area contributed by atoms with Gasteiger partial charge in [0.15, 0.2) is 0 Å². The Balaban J connectivity index is 2.32. The quantitative estimate of drug-likeness (QED) is 0.677. The molecule has 0 radical (unpaired) electrons. The summed E-state index contributed by atoms with van der Waals surface area (Å²) in [7, 11) is 0. The minimum atomic E-state index is -0.170. The van der Waals surface area contributed by atoms with Crippen molar-refractivity contribution in [3.05, 3.63) is 0 Å². The number of hydrogen-bond donors (Lipinski definition) is 2. The maximum atomic E-state index is 11.5. The Morgan fingerprint density at radius 2 is 2.25 bits per heavy atom. The van der Waals surface area contributed by atoms with Gasteiger partial charge in [-0.05, 0) is 13.3 Å². The third-order valence-electron chi connectivity index (χ3n) is 2.86. The van der Waals surface area contributed by atoms with E-state index < -0.39 is 0 Å². The summed E-state index contributed by atoms with van der Waals surface area (Å²) in [6.07, 6.45) is 1.57. The van der Waals surface area contributed by atoms with Gasteiger partial charge in [-0.25, -0.2) is 0 Å². The number of nitrogens with zero attached hydrogens (tertiary/aromatic N) is 1. The molecule has 16 heavy (non-hydrogen) atoms. The summed E-state index contributed by atoms with van der Waals surface area (Å²) in [5, 5.41) is 2.87. The van der Waals surface area contributed by atoms with Gasteiger partial charge >= 0.3 is 0 Å². The van der Waals surface area contributed by atoms with Crippen molar-refractivity contribution in [2.24, 2.45) is 11.7 Å². The molecule has 1 rings (SSSR count). The van der Waals surface area contributed by atoms with Crippen molar-refractivity contribution in [2.45, 2.75) is 32.7 Å². The van der Waals surface area contributed by atoms with E-state index in [4.69, 9.17) is 5.73 Å². The van der Waals surface area contributed by atoms with Crippen LogP contribution in [-0.4, -0.2) is 42.4 Å². The first-order valence-corrected chi connectivity index (χ1v) is 5.82. The lowest BCUT2D eigenvalue weighted by Gasteiger charge is -2.22. The number of nitrogens with two attached hydrogens (primary N) is 1. The predicted octanol–water partition coefficient (Wildman–Crippen LogP) is -0.292. The Morgan fingerprint density at radius 1 is 1.56 bits per heavy atom. The SMILES string of the molecule is CC(CN1CCCC1=O)NC(=O)C(C)CN. The first-order chi connectivity index (χ1) is 7.54. The van der Waals surface area contributed by atoms with Crippen LogP contribution in [0.2, 0.25) is 0 Å². The number of hydrogen-bond acceptors (Lipinski definition) is 3. The van der Waals surface area contributed by atoms with Crippen LogP contribution < -0.4 is 11.1 Å². The second kappa shape index (κ2) is 5.84. The molecule has 3 N–H and O–H groups in total. The minimum Gasteiger partial charge on any atom is -0.352 e. The van der Waals surface area contributed by atoms with Crippen molar-refractivity contribution >= 4 is 11.8 Å². The highest BCUT2D eigenvalue weighted by atomic mass is 16.2. The van der Waals surface area contributed by atoms with Gasteiger partial charge in [-0.2, -0.15) is 0 Å². The highest BCUT2D eigenvalue weighted by Crippen LogP contribution is 2.09. The molecule has 0 bridgehead atoms. The van der Waals surface area contributed by atoms with Crippen molar-refractivity contribution < 1.29 is 9.59 Å². The molecule has 0 saturated carbocycles. The van der Waals surface area contributed by atoms with Crippen LogP contribution >= 0.6 is 0 Å². The summed E-state index contributed by atoms with van der Waals surface area (Å²) in [5.74, 6) is -0.0219. The van der Waals surface area contributed by atoms with Gasteiger partial charge in [0.1, 0.15) is 0 Å². The maximum Gasteiger partial charge on any atom is 0.224 e. The summed E-state index contributed by atoms with van der Waals surface area (Å²) >= 11 is 0. The van der Waals surface area contributed by atoms with Crippen LogP contribution in [0.25, 0.3) is 0 Å². The largest absolute Gasteiger partial charge is 0.352 e. The molecule has 5 heteroatoms. The van der Waals surface area contributed by atoms with Gasteiger partial charge in [-0.3, -0.25) is 9.59 Å². The van der Waals surface area contributed by atoms with E-state index in [0.29, 0.717) is 19.5 Å². The average Bonchev–Trinajstić information content (AvgIpc) is 2.63. The van der Waals surface area contributed by atoms with E-state index in [1.54, 1.807) is 11.8 Å². The zero-order valence-corrected chi connectivity index (χ0v) is 10.0. The molecular formula is C11H21N3O2. The second-order valence-electron chi connectivity index (χ2n) is 4.49. The van der Waals surface area contributed by atoms with Gasteiger partial charge in [-0.15, -0.1) is 0 Å². The van der Waals surface area contributed by atoms with Gasteiger partial charge in [0.05, 0.1) is 0 Å². The first kappa shape index (κ1) is 13.0. The Kier molecular flexibility index (Phi) is 4.73. The molecule has 1 aliphatic heterocycles. The molecule has 1 fully saturated rings. The lowest BCUT2D eigenvalue weighted by molar-refractivity contribution is -0.129. The molecule has 0 aromatic heterocycles. The van der Waals surface area contributed by atoms with Gasteiger partial charge < -0.3 is 16.0 Å². The molecule has 2 atom stereocenters. The Morgan fingerprint density at radius 3 is 2.75 bits per heavy atom. The van der Waals surface area contributed by atoms with Crippen LogP contribution in [0, 0.1) is 5.92 Å². The topological polar surface area (TPSA) is 75.4 Å². The van der Waals surface area contributed by atoms with Crippen molar-refractivity contribution in [2.75, 3.05) is 19.6 Å². The Bertz CT molecular complexity index is 268. The summed E-state index contributed by atoms with van der Waals surface area (Å²) in [5.41, 5.74) is 5.41. The lowest BCUT2D eigenvalue weighted by Crippen LogP contribution is -2.45. The fourth-order valence-corrected chi connectivity index (χ4v) is 1.77. The Labute approximate surface area is 96.4 Å². The monoisotopic (exact) mass is 227 g/mol. The molecule has 1 aliphatic rings. The molecule has 0 aromatic carbocycles. The Hall–Kier alpha value is -1.10. The predicted molar refractivity (Wildman–Crippen MR) is 61.6 cm³/mol. The summed E-state index contributed by atoms with van der Waals surface area (Å²) in [6.45, 7) is 5.46. The fourth-order valence-electron chi connectivity index (χ4n) is 1.77. The molecule has 0 spiro atoms. The average molecular weight is 227 g/mol. The standard InChI is InChI=1S/C11H21N3O2/c1-8(6-12)11(16)13-9(2)7-14-5-3-4-10(14)15/h8-9H,3-7,12H2,1-2H3,(H,13,16). The van der Waals surface area contributed by atoms with Gasteiger partial charge in [0.2, 0.25) is 11.8 Å². The van der Waals surface area contributed by atoms with Crippen molar-refractivity contribution in [3.63, 3.8) is 0 Å². The van der Waals surface area contributed by atoms with Crippen LogP contribution in [0.3, 0.4) is 0 Å². The molecule has 5 nitrogen and oxygen atoms in total. The van der Waals surface area contributed by atoms with E-state index >= 15 is 0 Å². The van der Waals surface area contributed by atoms with Crippen molar-refractivity contribution in [1.82, 2.24) is 10.2 Å². The molecule has 1 heterocycles. The van der Waals surface area contributed by atoms with Crippen molar-refractivity contribution in [3.8, 4) is 0 Å². The van der Waals surface area contributed by atoms with E-state index in [2.05, 4.69) is 5.32 Å². The highest BCUT2D eigenvalue weighted by Gasteiger charge is 2.22. The maximum absolute atomic E-state index is 11.5. The normalized spacial score (nSPS) is 19.7. The van der Waals surface area contributed by atoms with Crippen LogP contribution in [0.4, 0.5) is 0 Å². The van der Waals surface area contributed by atoms with Crippen LogP contribution in [0.1, 0.15) is 26.7 Å². The van der Waals surface area contributed by atoms with Gasteiger partial charge in [0, 0.05) is 38.0 Å². The second-order valence-corrected chi connectivity index (χ2v) is 4.49. The summed E-state index contributed by atoms with van der Waals surface area (Å²) in [6, 6.07) is -0.0106. The summed E-state index contributed by atoms with van der Waals surface area (Å²) < 4.78 is 0. The first-order valence-electron chi connectivity index (χ1n) is 5.82. The molecule has 92 valence electrons. The molecule has 0 aliphatic carbocycles. The number of nitrogens with one attached hydrogen (secondary N) is 1. The highest BCUT2D eigenvalue weighted by molar-refractivity contribution is 5.79. The number of carbonyl (C=O) groups excluding carboxylic acids is 2. The molecule has 2 amide bonds. The van der Waals surface area contributed by atoms with Crippen LogP contribution in [0.5, 0.6) is 0 Å². The number of likely N-dealkylation sites (tertiary alicyclic amines) is 1. The zero-order chi connectivity index (χ0) is 12.1. The molecule has 0 aromatic rings. The van der Waals surface area contributed by atoms with Crippen molar-refractivity contribution in [1.29, 1.82) is 0 Å². The van der Waals surface area contributed by atoms with E-state index in [1.165, 1.54) is 0 Å². The smallest absolute Gasteiger partial charge is 0.224 e. The van der Waals surface area contributed by atoms with Crippen LogP contribution in [0.15, 0.2) is 0 Å². The zero-order valence-electron chi connectivity index (χ0n) is 10.0. The number of amides is 2. The van der Waals surface area contributed by atoms with E-state index in [1.807, 2.05) is 6.92 Å². The lowest BCUT2D eigenvalue weighted by atomic mass is 10.1. The minimum absolute atomic E-state index is 0.0106.